The lowest BCUT2D eigenvalue weighted by atomic mass is 9.78. The van der Waals surface area contributed by atoms with Crippen LogP contribution in [0.1, 0.15) is 19.4 Å². The zero-order chi connectivity index (χ0) is 12.3. The summed E-state index contributed by atoms with van der Waals surface area (Å²) in [6.45, 7) is 6.87. The molecule has 0 saturated carbocycles. The summed E-state index contributed by atoms with van der Waals surface area (Å²) in [7, 11) is 1.70. The van der Waals surface area contributed by atoms with E-state index in [1.54, 1.807) is 7.11 Å². The molecule has 0 aliphatic carbocycles. The number of hydrogen-bond acceptors (Lipinski definition) is 3. The molecule has 3 nitrogen and oxygen atoms in total. The lowest BCUT2D eigenvalue weighted by molar-refractivity contribution is -0.0597. The second kappa shape index (κ2) is 5.07. The molecule has 1 N–H and O–H groups in total. The van der Waals surface area contributed by atoms with Crippen molar-refractivity contribution in [3.63, 3.8) is 0 Å². The van der Waals surface area contributed by atoms with Crippen LogP contribution in [0.3, 0.4) is 0 Å². The molecule has 3 heteroatoms. The van der Waals surface area contributed by atoms with E-state index in [4.69, 9.17) is 9.47 Å². The molecule has 1 fully saturated rings. The van der Waals surface area contributed by atoms with Gasteiger partial charge in [-0.05, 0) is 17.7 Å². The second-order valence-electron chi connectivity index (χ2n) is 5.04. The van der Waals surface area contributed by atoms with Gasteiger partial charge in [0.2, 0.25) is 0 Å². The van der Waals surface area contributed by atoms with Gasteiger partial charge in [-0.25, -0.2) is 0 Å². The smallest absolute Gasteiger partial charge is 0.119 e. The van der Waals surface area contributed by atoms with Crippen LogP contribution in [0.15, 0.2) is 24.3 Å². The van der Waals surface area contributed by atoms with Gasteiger partial charge in [-0.2, -0.15) is 0 Å². The molecule has 0 atom stereocenters. The Balaban J connectivity index is 2.15. The van der Waals surface area contributed by atoms with Gasteiger partial charge in [0.05, 0.1) is 25.7 Å². The predicted molar refractivity (Wildman–Crippen MR) is 68.6 cm³/mol. The second-order valence-corrected chi connectivity index (χ2v) is 5.04. The van der Waals surface area contributed by atoms with E-state index < -0.39 is 0 Å². The molecule has 1 saturated heterocycles. The van der Waals surface area contributed by atoms with Gasteiger partial charge < -0.3 is 14.8 Å². The van der Waals surface area contributed by atoms with Crippen molar-refractivity contribution in [3.8, 4) is 5.75 Å². The fourth-order valence-electron chi connectivity index (χ4n) is 2.07. The number of methoxy groups -OCH3 is 1. The van der Waals surface area contributed by atoms with Crippen molar-refractivity contribution < 1.29 is 9.47 Å². The Kier molecular flexibility index (Phi) is 3.69. The van der Waals surface area contributed by atoms with E-state index in [0.717, 1.165) is 25.5 Å². The third-order valence-corrected chi connectivity index (χ3v) is 3.29. The van der Waals surface area contributed by atoms with E-state index in [0.29, 0.717) is 6.04 Å². The first-order valence-corrected chi connectivity index (χ1v) is 6.12. The molecule has 0 unspecified atom stereocenters. The van der Waals surface area contributed by atoms with Gasteiger partial charge in [0.15, 0.2) is 0 Å². The van der Waals surface area contributed by atoms with Crippen molar-refractivity contribution in [2.75, 3.05) is 26.9 Å². The zero-order valence-electron chi connectivity index (χ0n) is 10.8. The van der Waals surface area contributed by atoms with Crippen LogP contribution >= 0.6 is 0 Å². The molecule has 2 rings (SSSR count). The van der Waals surface area contributed by atoms with E-state index in [9.17, 15) is 0 Å². The molecular weight excluding hydrogens is 214 g/mol. The monoisotopic (exact) mass is 235 g/mol. The molecule has 1 aromatic rings. The molecule has 0 bridgehead atoms. The van der Waals surface area contributed by atoms with Crippen LogP contribution in [0.5, 0.6) is 5.75 Å². The van der Waals surface area contributed by atoms with Crippen LogP contribution in [0, 0.1) is 0 Å². The Labute approximate surface area is 103 Å². The number of hydrogen-bond donors (Lipinski definition) is 1. The fourth-order valence-corrected chi connectivity index (χ4v) is 2.07. The molecule has 0 radical (unpaired) electrons. The lowest BCUT2D eigenvalue weighted by Gasteiger charge is -2.42. The molecule has 1 aliphatic heterocycles. The highest BCUT2D eigenvalue weighted by Gasteiger charge is 2.40. The van der Waals surface area contributed by atoms with E-state index in [1.165, 1.54) is 5.56 Å². The van der Waals surface area contributed by atoms with Crippen molar-refractivity contribution >= 4 is 0 Å². The summed E-state index contributed by atoms with van der Waals surface area (Å²) in [6, 6.07) is 8.80. The van der Waals surface area contributed by atoms with Crippen molar-refractivity contribution in [1.29, 1.82) is 0 Å². The van der Waals surface area contributed by atoms with Crippen LogP contribution < -0.4 is 10.1 Å². The summed E-state index contributed by atoms with van der Waals surface area (Å²) in [5.74, 6) is 0.915. The van der Waals surface area contributed by atoms with Gasteiger partial charge in [-0.15, -0.1) is 0 Å². The molecule has 0 spiro atoms. The van der Waals surface area contributed by atoms with Gasteiger partial charge in [-0.1, -0.05) is 26.0 Å². The van der Waals surface area contributed by atoms with E-state index in [2.05, 4.69) is 31.3 Å². The topological polar surface area (TPSA) is 30.5 Å². The van der Waals surface area contributed by atoms with E-state index in [-0.39, 0.29) is 5.41 Å². The van der Waals surface area contributed by atoms with Gasteiger partial charge in [0.1, 0.15) is 5.75 Å². The molecule has 17 heavy (non-hydrogen) atoms. The molecule has 0 amide bonds. The minimum absolute atomic E-state index is 0.124. The Morgan fingerprint density at radius 2 is 2.18 bits per heavy atom. The van der Waals surface area contributed by atoms with Gasteiger partial charge in [0.25, 0.3) is 0 Å². The summed E-state index contributed by atoms with van der Waals surface area (Å²) >= 11 is 0. The third kappa shape index (κ3) is 2.61. The minimum Gasteiger partial charge on any atom is -0.497 e. The van der Waals surface area contributed by atoms with Crippen molar-refractivity contribution in [2.45, 2.75) is 25.3 Å². The van der Waals surface area contributed by atoms with Crippen LogP contribution in [0.25, 0.3) is 0 Å². The average molecular weight is 235 g/mol. The highest BCUT2D eigenvalue weighted by molar-refractivity contribution is 5.36. The zero-order valence-corrected chi connectivity index (χ0v) is 10.8. The molecule has 0 aromatic heterocycles. The lowest BCUT2D eigenvalue weighted by Crippen LogP contribution is -2.54. The maximum Gasteiger partial charge on any atom is 0.119 e. The van der Waals surface area contributed by atoms with Gasteiger partial charge in [-0.3, -0.25) is 0 Å². The van der Waals surface area contributed by atoms with E-state index >= 15 is 0 Å². The summed E-state index contributed by atoms with van der Waals surface area (Å²) in [6.07, 6.45) is 0. The average Bonchev–Trinajstić information content (AvgIpc) is 2.27. The van der Waals surface area contributed by atoms with Crippen LogP contribution in [-0.4, -0.2) is 32.9 Å². The molecule has 1 aliphatic rings. The number of ether oxygens (including phenoxy) is 2. The number of rotatable bonds is 5. The first kappa shape index (κ1) is 12.4. The van der Waals surface area contributed by atoms with Gasteiger partial charge >= 0.3 is 0 Å². The Bertz CT molecular complexity index is 372. The predicted octanol–water partition coefficient (Wildman–Crippen LogP) is 1.96. The maximum absolute atomic E-state index is 5.42. The number of benzene rings is 1. The molecule has 1 aromatic carbocycles. The van der Waals surface area contributed by atoms with Crippen molar-refractivity contribution in [3.05, 3.63) is 29.8 Å². The van der Waals surface area contributed by atoms with Crippen molar-refractivity contribution in [2.24, 2.45) is 0 Å². The summed E-state index contributed by atoms with van der Waals surface area (Å²) in [4.78, 5) is 0. The van der Waals surface area contributed by atoms with Crippen LogP contribution in [0.4, 0.5) is 0 Å². The highest BCUT2D eigenvalue weighted by Crippen LogP contribution is 2.33. The standard InChI is InChI=1S/C14H21NO2/c1-11(2)15-8-14(9-17-10-14)12-5-4-6-13(7-12)16-3/h4-7,11,15H,8-10H2,1-3H3. The summed E-state index contributed by atoms with van der Waals surface area (Å²) < 4.78 is 10.7. The van der Waals surface area contributed by atoms with Crippen molar-refractivity contribution in [1.82, 2.24) is 5.32 Å². The Morgan fingerprint density at radius 3 is 2.71 bits per heavy atom. The maximum atomic E-state index is 5.42. The summed E-state index contributed by atoms with van der Waals surface area (Å²) in [5, 5.41) is 3.50. The minimum atomic E-state index is 0.124. The first-order chi connectivity index (χ1) is 8.16. The third-order valence-electron chi connectivity index (χ3n) is 3.29. The van der Waals surface area contributed by atoms with E-state index in [1.807, 2.05) is 12.1 Å². The highest BCUT2D eigenvalue weighted by atomic mass is 16.5. The van der Waals surface area contributed by atoms with Crippen LogP contribution in [-0.2, 0) is 10.2 Å². The Morgan fingerprint density at radius 1 is 1.41 bits per heavy atom. The quantitative estimate of drug-likeness (QED) is 0.846. The first-order valence-electron chi connectivity index (χ1n) is 6.12. The summed E-state index contributed by atoms with van der Waals surface area (Å²) in [5.41, 5.74) is 1.43. The molecular formula is C14H21NO2. The largest absolute Gasteiger partial charge is 0.497 e. The molecule has 1 heterocycles. The normalized spacial score (nSPS) is 17.9. The number of nitrogens with one attached hydrogen (secondary N) is 1. The van der Waals surface area contributed by atoms with Gasteiger partial charge in [0, 0.05) is 12.6 Å². The Hall–Kier alpha value is -1.06. The van der Waals surface area contributed by atoms with Crippen LogP contribution in [0.2, 0.25) is 0 Å². The SMILES string of the molecule is COc1cccc(C2(CNC(C)C)COC2)c1. The molecule has 94 valence electrons. The fraction of sp³-hybridized carbons (Fsp3) is 0.571.